The number of halogens is 4. The molecule has 0 radical (unpaired) electrons. The highest BCUT2D eigenvalue weighted by atomic mass is 79.9. The topological polar surface area (TPSA) is 66.4 Å². The van der Waals surface area contributed by atoms with Gasteiger partial charge in [0.2, 0.25) is 0 Å². The molecule has 0 bridgehead atoms. The molecule has 0 spiro atoms. The molecular weight excluding hydrogens is 331 g/mol. The fourth-order valence-electron chi connectivity index (χ4n) is 1.33. The maximum Gasteiger partial charge on any atom is 0.417 e. The van der Waals surface area contributed by atoms with Crippen molar-refractivity contribution in [3.05, 3.63) is 33.8 Å². The first-order chi connectivity index (χ1) is 8.71. The smallest absolute Gasteiger partial charge is 0.417 e. The SMILES string of the molecule is O=C(O)CCNC(=O)c1ccc(Br)cc1C(F)(F)F. The van der Waals surface area contributed by atoms with Crippen LogP contribution in [0.25, 0.3) is 0 Å². The van der Waals surface area contributed by atoms with Crippen LogP contribution in [0.4, 0.5) is 13.2 Å². The van der Waals surface area contributed by atoms with E-state index in [0.717, 1.165) is 12.1 Å². The van der Waals surface area contributed by atoms with E-state index in [1.165, 1.54) is 6.07 Å². The minimum Gasteiger partial charge on any atom is -0.481 e. The highest BCUT2D eigenvalue weighted by Gasteiger charge is 2.35. The molecule has 8 heteroatoms. The van der Waals surface area contributed by atoms with Crippen LogP contribution >= 0.6 is 15.9 Å². The summed E-state index contributed by atoms with van der Waals surface area (Å²) < 4.78 is 38.4. The van der Waals surface area contributed by atoms with Crippen LogP contribution in [0.15, 0.2) is 22.7 Å². The fourth-order valence-corrected chi connectivity index (χ4v) is 1.69. The number of carboxylic acids is 1. The highest BCUT2D eigenvalue weighted by Crippen LogP contribution is 2.33. The van der Waals surface area contributed by atoms with Crippen LogP contribution < -0.4 is 5.32 Å². The van der Waals surface area contributed by atoms with E-state index in [-0.39, 0.29) is 17.4 Å². The van der Waals surface area contributed by atoms with Crippen molar-refractivity contribution >= 4 is 27.8 Å². The number of hydrogen-bond donors (Lipinski definition) is 2. The monoisotopic (exact) mass is 339 g/mol. The van der Waals surface area contributed by atoms with E-state index in [4.69, 9.17) is 5.11 Å². The fraction of sp³-hybridized carbons (Fsp3) is 0.273. The lowest BCUT2D eigenvalue weighted by atomic mass is 10.1. The van der Waals surface area contributed by atoms with Crippen molar-refractivity contribution in [2.75, 3.05) is 6.54 Å². The van der Waals surface area contributed by atoms with Gasteiger partial charge in [-0.05, 0) is 18.2 Å². The standard InChI is InChI=1S/C11H9BrF3NO3/c12-6-1-2-7(8(5-6)11(13,14)15)10(19)16-4-3-9(17)18/h1-2,5H,3-4H2,(H,16,19)(H,17,18). The second-order valence-electron chi connectivity index (χ2n) is 3.59. The maximum atomic E-state index is 12.7. The molecule has 0 unspecified atom stereocenters. The predicted octanol–water partition coefficient (Wildman–Crippen LogP) is 2.67. The van der Waals surface area contributed by atoms with Gasteiger partial charge < -0.3 is 10.4 Å². The lowest BCUT2D eigenvalue weighted by molar-refractivity contribution is -0.138. The Bertz CT molecular complexity index is 502. The van der Waals surface area contributed by atoms with Crippen LogP contribution in [-0.4, -0.2) is 23.5 Å². The number of hydrogen-bond acceptors (Lipinski definition) is 2. The quantitative estimate of drug-likeness (QED) is 0.886. The molecule has 0 heterocycles. The van der Waals surface area contributed by atoms with Gasteiger partial charge in [-0.2, -0.15) is 13.2 Å². The van der Waals surface area contributed by atoms with E-state index in [2.05, 4.69) is 21.2 Å². The van der Waals surface area contributed by atoms with Gasteiger partial charge in [0.05, 0.1) is 17.5 Å². The summed E-state index contributed by atoms with van der Waals surface area (Å²) in [4.78, 5) is 21.8. The minimum absolute atomic E-state index is 0.196. The second kappa shape index (κ2) is 6.05. The van der Waals surface area contributed by atoms with Crippen LogP contribution in [0.3, 0.4) is 0 Å². The van der Waals surface area contributed by atoms with Gasteiger partial charge in [-0.25, -0.2) is 0 Å². The molecule has 19 heavy (non-hydrogen) atoms. The zero-order valence-electron chi connectivity index (χ0n) is 9.42. The van der Waals surface area contributed by atoms with Gasteiger partial charge in [0.25, 0.3) is 5.91 Å². The summed E-state index contributed by atoms with van der Waals surface area (Å²) in [6, 6.07) is 3.14. The van der Waals surface area contributed by atoms with Gasteiger partial charge in [0, 0.05) is 11.0 Å². The van der Waals surface area contributed by atoms with E-state index in [9.17, 15) is 22.8 Å². The summed E-state index contributed by atoms with van der Waals surface area (Å²) in [5.41, 5.74) is -1.62. The number of aliphatic carboxylic acids is 1. The van der Waals surface area contributed by atoms with Gasteiger partial charge in [-0.1, -0.05) is 15.9 Å². The average Bonchev–Trinajstić information content (AvgIpc) is 2.27. The Balaban J connectivity index is 2.93. The van der Waals surface area contributed by atoms with Crippen molar-refractivity contribution in [1.29, 1.82) is 0 Å². The normalized spacial score (nSPS) is 11.2. The van der Waals surface area contributed by atoms with E-state index in [1.54, 1.807) is 0 Å². The van der Waals surface area contributed by atoms with Gasteiger partial charge >= 0.3 is 12.1 Å². The molecule has 1 aromatic carbocycles. The lowest BCUT2D eigenvalue weighted by Gasteiger charge is -2.13. The Hall–Kier alpha value is -1.57. The Labute approximate surface area is 114 Å². The summed E-state index contributed by atoms with van der Waals surface area (Å²) >= 11 is 2.90. The first kappa shape index (κ1) is 15.5. The zero-order chi connectivity index (χ0) is 14.6. The van der Waals surface area contributed by atoms with Crippen molar-refractivity contribution in [2.45, 2.75) is 12.6 Å². The first-order valence-corrected chi connectivity index (χ1v) is 5.88. The number of carbonyl (C=O) groups excluding carboxylic acids is 1. The molecule has 0 saturated heterocycles. The summed E-state index contributed by atoms with van der Waals surface area (Å²) in [6.45, 7) is -0.235. The molecule has 1 rings (SSSR count). The molecule has 104 valence electrons. The molecule has 0 aliphatic heterocycles. The van der Waals surface area contributed by atoms with Gasteiger partial charge in [0.15, 0.2) is 0 Å². The van der Waals surface area contributed by atoms with E-state index in [1.807, 2.05) is 0 Å². The third-order valence-corrected chi connectivity index (χ3v) is 2.65. The van der Waals surface area contributed by atoms with E-state index < -0.39 is 29.2 Å². The minimum atomic E-state index is -4.66. The van der Waals surface area contributed by atoms with Crippen LogP contribution in [0.1, 0.15) is 22.3 Å². The molecule has 0 fully saturated rings. The summed E-state index contributed by atoms with van der Waals surface area (Å²) in [6.07, 6.45) is -5.02. The van der Waals surface area contributed by atoms with Crippen LogP contribution in [0, 0.1) is 0 Å². The zero-order valence-corrected chi connectivity index (χ0v) is 11.0. The van der Waals surface area contributed by atoms with Crippen molar-refractivity contribution in [3.63, 3.8) is 0 Å². The van der Waals surface area contributed by atoms with Crippen molar-refractivity contribution in [3.8, 4) is 0 Å². The van der Waals surface area contributed by atoms with Crippen LogP contribution in [0.2, 0.25) is 0 Å². The summed E-state index contributed by atoms with van der Waals surface area (Å²) in [5.74, 6) is -2.10. The molecule has 1 aromatic rings. The predicted molar refractivity (Wildman–Crippen MR) is 63.7 cm³/mol. The van der Waals surface area contributed by atoms with Crippen LogP contribution in [0.5, 0.6) is 0 Å². The largest absolute Gasteiger partial charge is 0.481 e. The van der Waals surface area contributed by atoms with Crippen molar-refractivity contribution in [1.82, 2.24) is 5.32 Å². The Morgan fingerprint density at radius 1 is 1.32 bits per heavy atom. The molecule has 2 N–H and O–H groups in total. The molecule has 1 amide bonds. The van der Waals surface area contributed by atoms with Crippen LogP contribution in [-0.2, 0) is 11.0 Å². The molecule has 0 aliphatic rings. The Kier molecular flexibility index (Phi) is 4.93. The number of rotatable bonds is 4. The number of benzene rings is 1. The lowest BCUT2D eigenvalue weighted by Crippen LogP contribution is -2.28. The maximum absolute atomic E-state index is 12.7. The molecule has 4 nitrogen and oxygen atoms in total. The third kappa shape index (κ3) is 4.55. The van der Waals surface area contributed by atoms with Gasteiger partial charge in [-0.15, -0.1) is 0 Å². The van der Waals surface area contributed by atoms with Gasteiger partial charge in [-0.3, -0.25) is 9.59 Å². The second-order valence-corrected chi connectivity index (χ2v) is 4.50. The molecular formula is C11H9BrF3NO3. The number of amides is 1. The molecule has 0 aliphatic carbocycles. The third-order valence-electron chi connectivity index (χ3n) is 2.16. The molecule has 0 saturated carbocycles. The number of carboxylic acid groups (broad SMARTS) is 1. The Morgan fingerprint density at radius 3 is 2.47 bits per heavy atom. The average molecular weight is 340 g/mol. The Morgan fingerprint density at radius 2 is 1.95 bits per heavy atom. The summed E-state index contributed by atoms with van der Waals surface area (Å²) in [5, 5.41) is 10.5. The van der Waals surface area contributed by atoms with Gasteiger partial charge in [0.1, 0.15) is 0 Å². The number of nitrogens with one attached hydrogen (secondary N) is 1. The van der Waals surface area contributed by atoms with Crippen molar-refractivity contribution in [2.24, 2.45) is 0 Å². The first-order valence-electron chi connectivity index (χ1n) is 5.08. The molecule has 0 atom stereocenters. The van der Waals surface area contributed by atoms with E-state index >= 15 is 0 Å². The molecule has 0 aromatic heterocycles. The highest BCUT2D eigenvalue weighted by molar-refractivity contribution is 9.10. The summed E-state index contributed by atoms with van der Waals surface area (Å²) in [7, 11) is 0. The number of carbonyl (C=O) groups is 2. The van der Waals surface area contributed by atoms with Crippen molar-refractivity contribution < 1.29 is 27.9 Å². The van der Waals surface area contributed by atoms with E-state index in [0.29, 0.717) is 0 Å². The number of alkyl halides is 3.